The number of ether oxygens (including phenoxy) is 3. The van der Waals surface area contributed by atoms with Gasteiger partial charge in [0, 0.05) is 12.1 Å². The van der Waals surface area contributed by atoms with E-state index in [1.165, 1.54) is 0 Å². The zero-order valence-corrected chi connectivity index (χ0v) is 15.7. The van der Waals surface area contributed by atoms with Gasteiger partial charge in [0.25, 0.3) is 5.91 Å². The first-order chi connectivity index (χ1) is 12.6. The monoisotopic (exact) mass is 364 g/mol. The van der Waals surface area contributed by atoms with Crippen LogP contribution in [0.2, 0.25) is 0 Å². The van der Waals surface area contributed by atoms with Crippen LogP contribution in [0.1, 0.15) is 50.4 Å². The van der Waals surface area contributed by atoms with Gasteiger partial charge in [0.2, 0.25) is 11.7 Å². The summed E-state index contributed by atoms with van der Waals surface area (Å²) >= 11 is 0. The van der Waals surface area contributed by atoms with Crippen LogP contribution >= 0.6 is 0 Å². The molecule has 26 heavy (non-hydrogen) atoms. The highest BCUT2D eigenvalue weighted by Crippen LogP contribution is 2.39. The molecule has 144 valence electrons. The van der Waals surface area contributed by atoms with Crippen molar-refractivity contribution in [1.82, 2.24) is 10.6 Å². The lowest BCUT2D eigenvalue weighted by atomic mass is 10.1. The number of carbonyl (C=O) groups excluding carboxylic acids is 2. The van der Waals surface area contributed by atoms with E-state index in [1.54, 1.807) is 12.1 Å². The Morgan fingerprint density at radius 1 is 1.08 bits per heavy atom. The second-order valence-corrected chi connectivity index (χ2v) is 5.91. The number of hydrogen-bond donors (Lipinski definition) is 2. The minimum atomic E-state index is -0.525. The first kappa shape index (κ1) is 19.9. The van der Waals surface area contributed by atoms with Crippen LogP contribution in [0.5, 0.6) is 17.2 Å². The van der Waals surface area contributed by atoms with E-state index in [-0.39, 0.29) is 11.8 Å². The van der Waals surface area contributed by atoms with E-state index in [1.807, 2.05) is 20.8 Å². The molecule has 7 heteroatoms. The molecule has 2 N–H and O–H groups in total. The molecule has 7 nitrogen and oxygen atoms in total. The van der Waals surface area contributed by atoms with Crippen molar-refractivity contribution in [3.63, 3.8) is 0 Å². The number of hydrogen-bond acceptors (Lipinski definition) is 5. The summed E-state index contributed by atoms with van der Waals surface area (Å²) in [5.74, 6) is 0.917. The Bertz CT molecular complexity index is 605. The van der Waals surface area contributed by atoms with E-state index < -0.39 is 6.04 Å². The largest absolute Gasteiger partial charge is 0.490 e. The van der Waals surface area contributed by atoms with Gasteiger partial charge < -0.3 is 24.8 Å². The highest BCUT2D eigenvalue weighted by Gasteiger charge is 2.24. The van der Waals surface area contributed by atoms with Gasteiger partial charge in [-0.2, -0.15) is 0 Å². The van der Waals surface area contributed by atoms with E-state index in [2.05, 4.69) is 10.6 Å². The topological polar surface area (TPSA) is 85.9 Å². The van der Waals surface area contributed by atoms with E-state index in [0.29, 0.717) is 55.6 Å². The molecule has 1 atom stereocenters. The maximum absolute atomic E-state index is 12.7. The van der Waals surface area contributed by atoms with Crippen LogP contribution in [0, 0.1) is 0 Å². The second-order valence-electron chi connectivity index (χ2n) is 5.91. The molecule has 1 saturated heterocycles. The average molecular weight is 364 g/mol. The lowest BCUT2D eigenvalue weighted by Gasteiger charge is -2.19. The number of rotatable bonds is 8. The van der Waals surface area contributed by atoms with Crippen LogP contribution in [-0.2, 0) is 4.79 Å². The molecular weight excluding hydrogens is 336 g/mol. The molecule has 0 aromatic heterocycles. The van der Waals surface area contributed by atoms with Crippen LogP contribution in [0.3, 0.4) is 0 Å². The van der Waals surface area contributed by atoms with Gasteiger partial charge in [0.05, 0.1) is 19.8 Å². The summed E-state index contributed by atoms with van der Waals surface area (Å²) in [6, 6.07) is 2.73. The quantitative estimate of drug-likeness (QED) is 0.739. The zero-order chi connectivity index (χ0) is 18.9. The molecule has 0 radical (unpaired) electrons. The van der Waals surface area contributed by atoms with E-state index in [0.717, 1.165) is 12.8 Å². The standard InChI is InChI=1S/C19H28N2O5/c1-4-24-15-11-13(12-16(25-5-2)17(15)26-6-3)18(22)21-14-9-7-8-10-20-19(14)23/h11-12,14H,4-10H2,1-3H3,(H,20,23)(H,21,22)/t14-/m0/s1. The summed E-state index contributed by atoms with van der Waals surface area (Å²) in [4.78, 5) is 24.8. The molecule has 0 aliphatic carbocycles. The third-order valence-corrected chi connectivity index (χ3v) is 4.01. The van der Waals surface area contributed by atoms with Crippen molar-refractivity contribution in [3.8, 4) is 17.2 Å². The Balaban J connectivity index is 2.28. The summed E-state index contributed by atoms with van der Waals surface area (Å²) < 4.78 is 16.9. The number of amides is 2. The molecule has 0 saturated carbocycles. The molecule has 0 spiro atoms. The van der Waals surface area contributed by atoms with Crippen molar-refractivity contribution in [3.05, 3.63) is 17.7 Å². The van der Waals surface area contributed by atoms with Gasteiger partial charge in [0.15, 0.2) is 11.5 Å². The molecule has 1 heterocycles. The molecule has 1 aliphatic rings. The molecule has 1 aromatic carbocycles. The Hall–Kier alpha value is -2.44. The second kappa shape index (κ2) is 9.89. The third-order valence-electron chi connectivity index (χ3n) is 4.01. The predicted molar refractivity (Wildman–Crippen MR) is 98.1 cm³/mol. The smallest absolute Gasteiger partial charge is 0.252 e. The van der Waals surface area contributed by atoms with Gasteiger partial charge in [-0.3, -0.25) is 9.59 Å². The Kier molecular flexibility index (Phi) is 7.56. The predicted octanol–water partition coefficient (Wildman–Crippen LogP) is 2.28. The van der Waals surface area contributed by atoms with E-state index >= 15 is 0 Å². The van der Waals surface area contributed by atoms with Crippen LogP contribution < -0.4 is 24.8 Å². The fraction of sp³-hybridized carbons (Fsp3) is 0.579. The average Bonchev–Trinajstić information content (AvgIpc) is 2.82. The normalized spacial score (nSPS) is 17.0. The minimum absolute atomic E-state index is 0.142. The minimum Gasteiger partial charge on any atom is -0.490 e. The summed E-state index contributed by atoms with van der Waals surface area (Å²) in [5.41, 5.74) is 0.373. The van der Waals surface area contributed by atoms with E-state index in [4.69, 9.17) is 14.2 Å². The highest BCUT2D eigenvalue weighted by atomic mass is 16.5. The first-order valence-electron chi connectivity index (χ1n) is 9.25. The van der Waals surface area contributed by atoms with Crippen molar-refractivity contribution < 1.29 is 23.8 Å². The van der Waals surface area contributed by atoms with Crippen molar-refractivity contribution in [2.75, 3.05) is 26.4 Å². The van der Waals surface area contributed by atoms with Gasteiger partial charge in [-0.05, 0) is 52.2 Å². The summed E-state index contributed by atoms with van der Waals surface area (Å²) in [6.45, 7) is 7.56. The number of carbonyl (C=O) groups is 2. The summed E-state index contributed by atoms with van der Waals surface area (Å²) in [5, 5.41) is 5.63. The van der Waals surface area contributed by atoms with Crippen molar-refractivity contribution in [2.45, 2.75) is 46.1 Å². The molecule has 2 amide bonds. The molecule has 1 aliphatic heterocycles. The van der Waals surface area contributed by atoms with Crippen LogP contribution in [0.15, 0.2) is 12.1 Å². The lowest BCUT2D eigenvalue weighted by molar-refractivity contribution is -0.122. The van der Waals surface area contributed by atoms with Crippen LogP contribution in [-0.4, -0.2) is 44.2 Å². The Labute approximate surface area is 154 Å². The lowest BCUT2D eigenvalue weighted by Crippen LogP contribution is -2.45. The van der Waals surface area contributed by atoms with Crippen LogP contribution in [0.25, 0.3) is 0 Å². The van der Waals surface area contributed by atoms with Crippen molar-refractivity contribution in [1.29, 1.82) is 0 Å². The summed E-state index contributed by atoms with van der Waals surface area (Å²) in [6.07, 6.45) is 2.44. The van der Waals surface area contributed by atoms with Crippen LogP contribution in [0.4, 0.5) is 0 Å². The van der Waals surface area contributed by atoms with Gasteiger partial charge in [0.1, 0.15) is 6.04 Å². The van der Waals surface area contributed by atoms with E-state index in [9.17, 15) is 9.59 Å². The third kappa shape index (κ3) is 5.03. The molecule has 2 rings (SSSR count). The van der Waals surface area contributed by atoms with Crippen molar-refractivity contribution in [2.24, 2.45) is 0 Å². The molecular formula is C19H28N2O5. The molecule has 0 unspecified atom stereocenters. The zero-order valence-electron chi connectivity index (χ0n) is 15.7. The Morgan fingerprint density at radius 3 is 2.27 bits per heavy atom. The molecule has 1 fully saturated rings. The summed E-state index contributed by atoms with van der Waals surface area (Å²) in [7, 11) is 0. The maximum Gasteiger partial charge on any atom is 0.252 e. The molecule has 0 bridgehead atoms. The van der Waals surface area contributed by atoms with Gasteiger partial charge in [-0.25, -0.2) is 0 Å². The van der Waals surface area contributed by atoms with Crippen molar-refractivity contribution >= 4 is 11.8 Å². The molecule has 1 aromatic rings. The number of benzene rings is 1. The SMILES string of the molecule is CCOc1cc(C(=O)N[C@H]2CCCCNC2=O)cc(OCC)c1OCC. The Morgan fingerprint density at radius 2 is 1.69 bits per heavy atom. The van der Waals surface area contributed by atoms with Gasteiger partial charge in [-0.15, -0.1) is 0 Å². The van der Waals surface area contributed by atoms with Gasteiger partial charge in [-0.1, -0.05) is 0 Å². The van der Waals surface area contributed by atoms with Gasteiger partial charge >= 0.3 is 0 Å². The fourth-order valence-electron chi connectivity index (χ4n) is 2.84. The highest BCUT2D eigenvalue weighted by molar-refractivity contribution is 5.98. The maximum atomic E-state index is 12.7. The fourth-order valence-corrected chi connectivity index (χ4v) is 2.84. The first-order valence-corrected chi connectivity index (χ1v) is 9.25. The number of nitrogens with one attached hydrogen (secondary N) is 2.